The zero-order chi connectivity index (χ0) is 10.5. The van der Waals surface area contributed by atoms with Crippen molar-refractivity contribution < 1.29 is 22.7 Å². The van der Waals surface area contributed by atoms with Crippen LogP contribution < -0.4 is 0 Å². The molecule has 0 aliphatic heterocycles. The van der Waals surface area contributed by atoms with Gasteiger partial charge in [0.1, 0.15) is 0 Å². The molecule has 0 saturated carbocycles. The SMILES string of the molecule is CCOC(=O)CS[C@H](Cl)C(F)(F)F. The van der Waals surface area contributed by atoms with E-state index in [1.165, 1.54) is 0 Å². The van der Waals surface area contributed by atoms with Crippen molar-refractivity contribution in [1.29, 1.82) is 0 Å². The molecule has 0 saturated heterocycles. The number of rotatable bonds is 4. The minimum Gasteiger partial charge on any atom is -0.465 e. The van der Waals surface area contributed by atoms with Crippen molar-refractivity contribution in [2.24, 2.45) is 0 Å². The number of hydrogen-bond acceptors (Lipinski definition) is 3. The number of thioether (sulfide) groups is 1. The monoisotopic (exact) mass is 236 g/mol. The van der Waals surface area contributed by atoms with Crippen LogP contribution in [0.4, 0.5) is 13.2 Å². The molecule has 0 aliphatic carbocycles. The molecule has 78 valence electrons. The normalized spacial score (nSPS) is 13.9. The summed E-state index contributed by atoms with van der Waals surface area (Å²) in [7, 11) is 0. The Kier molecular flexibility index (Phi) is 5.55. The minimum atomic E-state index is -4.49. The third-order valence-corrected chi connectivity index (χ3v) is 2.50. The van der Waals surface area contributed by atoms with Crippen LogP contribution in [-0.2, 0) is 9.53 Å². The van der Waals surface area contributed by atoms with Gasteiger partial charge in [-0.3, -0.25) is 4.79 Å². The molecule has 13 heavy (non-hydrogen) atoms. The van der Waals surface area contributed by atoms with Crippen molar-refractivity contribution >= 4 is 29.3 Å². The third kappa shape index (κ3) is 6.04. The number of ether oxygens (including phenoxy) is 1. The molecule has 0 unspecified atom stereocenters. The lowest BCUT2D eigenvalue weighted by molar-refractivity contribution is -0.139. The van der Waals surface area contributed by atoms with Gasteiger partial charge in [-0.15, -0.1) is 23.4 Å². The van der Waals surface area contributed by atoms with Crippen molar-refractivity contribution in [2.75, 3.05) is 12.4 Å². The highest BCUT2D eigenvalue weighted by Crippen LogP contribution is 2.33. The molecule has 0 heterocycles. The summed E-state index contributed by atoms with van der Waals surface area (Å²) in [5.74, 6) is -1.08. The summed E-state index contributed by atoms with van der Waals surface area (Å²) < 4.78 is 37.7. The number of halogens is 4. The molecule has 2 nitrogen and oxygen atoms in total. The van der Waals surface area contributed by atoms with E-state index in [1.54, 1.807) is 6.92 Å². The molecule has 1 atom stereocenters. The standard InChI is InChI=1S/C6H8ClF3O2S/c1-2-12-4(11)3-13-5(7)6(8,9)10/h5H,2-3H2,1H3/t5-/m0/s1. The first-order chi connectivity index (χ1) is 5.88. The van der Waals surface area contributed by atoms with E-state index in [-0.39, 0.29) is 12.4 Å². The fourth-order valence-corrected chi connectivity index (χ4v) is 1.18. The quantitative estimate of drug-likeness (QED) is 0.554. The lowest BCUT2D eigenvalue weighted by Gasteiger charge is -2.11. The van der Waals surface area contributed by atoms with Crippen LogP contribution in [0.1, 0.15) is 6.92 Å². The lowest BCUT2D eigenvalue weighted by atomic mass is 10.7. The second-order valence-electron chi connectivity index (χ2n) is 1.97. The van der Waals surface area contributed by atoms with Gasteiger partial charge in [-0.25, -0.2) is 0 Å². The Morgan fingerprint density at radius 1 is 1.62 bits per heavy atom. The summed E-state index contributed by atoms with van der Waals surface area (Å²) in [5, 5.41) is 0. The maximum absolute atomic E-state index is 11.8. The first-order valence-electron chi connectivity index (χ1n) is 3.36. The molecule has 7 heteroatoms. The van der Waals surface area contributed by atoms with E-state index in [9.17, 15) is 18.0 Å². The average Bonchev–Trinajstić information content (AvgIpc) is 1.99. The van der Waals surface area contributed by atoms with Crippen LogP contribution in [0.2, 0.25) is 0 Å². The Bertz CT molecular complexity index is 174. The topological polar surface area (TPSA) is 26.3 Å². The van der Waals surface area contributed by atoms with Crippen LogP contribution in [0, 0.1) is 0 Å². The molecule has 0 spiro atoms. The number of hydrogen-bond donors (Lipinski definition) is 0. The molecule has 0 aliphatic rings. The Labute approximate surface area is 82.8 Å². The highest BCUT2D eigenvalue weighted by Gasteiger charge is 2.38. The van der Waals surface area contributed by atoms with Crippen LogP contribution in [0.25, 0.3) is 0 Å². The molecule has 0 aromatic heterocycles. The van der Waals surface area contributed by atoms with Gasteiger partial charge in [0.05, 0.1) is 12.4 Å². The van der Waals surface area contributed by atoms with Crippen LogP contribution in [0.15, 0.2) is 0 Å². The molecule has 0 bridgehead atoms. The van der Waals surface area contributed by atoms with E-state index >= 15 is 0 Å². The second-order valence-corrected chi connectivity index (χ2v) is 3.76. The maximum Gasteiger partial charge on any atom is 0.414 e. The summed E-state index contributed by atoms with van der Waals surface area (Å²) >= 11 is 5.23. The molecule has 0 N–H and O–H groups in total. The summed E-state index contributed by atoms with van der Waals surface area (Å²) in [4.78, 5) is 10.6. The fraction of sp³-hybridized carbons (Fsp3) is 0.833. The van der Waals surface area contributed by atoms with Crippen LogP contribution in [-0.4, -0.2) is 29.2 Å². The molecule has 0 rings (SSSR count). The maximum atomic E-state index is 11.8. The molecular formula is C6H8ClF3O2S. The number of carbonyl (C=O) groups excluding carboxylic acids is 1. The lowest BCUT2D eigenvalue weighted by Crippen LogP contribution is -2.22. The molecule has 0 fully saturated rings. The van der Waals surface area contributed by atoms with Gasteiger partial charge in [0.15, 0.2) is 4.71 Å². The van der Waals surface area contributed by atoms with Crippen molar-refractivity contribution in [3.8, 4) is 0 Å². The van der Waals surface area contributed by atoms with Gasteiger partial charge in [0.25, 0.3) is 0 Å². The third-order valence-electron chi connectivity index (χ3n) is 0.910. The Balaban J connectivity index is 3.70. The van der Waals surface area contributed by atoms with Gasteiger partial charge in [-0.05, 0) is 6.92 Å². The highest BCUT2D eigenvalue weighted by atomic mass is 35.5. The first kappa shape index (κ1) is 12.9. The van der Waals surface area contributed by atoms with E-state index < -0.39 is 16.9 Å². The largest absolute Gasteiger partial charge is 0.465 e. The van der Waals surface area contributed by atoms with Crippen molar-refractivity contribution in [1.82, 2.24) is 0 Å². The molecule has 0 radical (unpaired) electrons. The van der Waals surface area contributed by atoms with Gasteiger partial charge >= 0.3 is 12.1 Å². The smallest absolute Gasteiger partial charge is 0.414 e. The number of carbonyl (C=O) groups is 1. The van der Waals surface area contributed by atoms with E-state index in [1.807, 2.05) is 0 Å². The van der Waals surface area contributed by atoms with Crippen LogP contribution >= 0.6 is 23.4 Å². The van der Waals surface area contributed by atoms with Crippen molar-refractivity contribution in [2.45, 2.75) is 17.8 Å². The first-order valence-corrected chi connectivity index (χ1v) is 4.84. The van der Waals surface area contributed by atoms with Gasteiger partial charge in [0, 0.05) is 0 Å². The molecule has 0 amide bonds. The summed E-state index contributed by atoms with van der Waals surface area (Å²) in [5.41, 5.74) is 0. The predicted molar refractivity (Wildman–Crippen MR) is 44.8 cm³/mol. The van der Waals surface area contributed by atoms with E-state index in [2.05, 4.69) is 4.74 Å². The minimum absolute atomic E-state index is 0.151. The predicted octanol–water partition coefficient (Wildman–Crippen LogP) is 2.41. The molecular weight excluding hydrogens is 229 g/mol. The molecule has 0 aromatic carbocycles. The Hall–Kier alpha value is -0.100. The fourth-order valence-electron chi connectivity index (χ4n) is 0.438. The van der Waals surface area contributed by atoms with Gasteiger partial charge < -0.3 is 4.74 Å². The van der Waals surface area contributed by atoms with E-state index in [0.717, 1.165) is 0 Å². The number of alkyl halides is 4. The highest BCUT2D eigenvalue weighted by molar-refractivity contribution is 8.01. The van der Waals surface area contributed by atoms with Gasteiger partial charge in [0.2, 0.25) is 0 Å². The zero-order valence-corrected chi connectivity index (χ0v) is 8.30. The average molecular weight is 237 g/mol. The second kappa shape index (κ2) is 5.59. The zero-order valence-electron chi connectivity index (χ0n) is 6.73. The molecule has 0 aromatic rings. The summed E-state index contributed by atoms with van der Waals surface area (Å²) in [6, 6.07) is 0. The van der Waals surface area contributed by atoms with Crippen molar-refractivity contribution in [3.63, 3.8) is 0 Å². The van der Waals surface area contributed by atoms with Gasteiger partial charge in [-0.2, -0.15) is 13.2 Å². The Morgan fingerprint density at radius 3 is 2.54 bits per heavy atom. The summed E-state index contributed by atoms with van der Waals surface area (Å²) in [6.45, 7) is 1.73. The van der Waals surface area contributed by atoms with Gasteiger partial charge in [-0.1, -0.05) is 0 Å². The van der Waals surface area contributed by atoms with Crippen molar-refractivity contribution in [3.05, 3.63) is 0 Å². The van der Waals surface area contributed by atoms with Crippen LogP contribution in [0.3, 0.4) is 0 Å². The Morgan fingerprint density at radius 2 is 2.15 bits per heavy atom. The summed E-state index contributed by atoms with van der Waals surface area (Å²) in [6.07, 6.45) is -4.49. The van der Waals surface area contributed by atoms with E-state index in [0.29, 0.717) is 11.8 Å². The van der Waals surface area contributed by atoms with Crippen LogP contribution in [0.5, 0.6) is 0 Å². The van der Waals surface area contributed by atoms with E-state index in [4.69, 9.17) is 11.6 Å². The number of esters is 1.